The normalized spacial score (nSPS) is 11.5. The number of nitrogens with zero attached hydrogens (tertiary/aromatic N) is 2. The number of rotatable bonds is 10. The van der Waals surface area contributed by atoms with Crippen LogP contribution in [0.5, 0.6) is 5.75 Å². The lowest BCUT2D eigenvalue weighted by molar-refractivity contribution is -0.152. The zero-order valence-electron chi connectivity index (χ0n) is 20.3. The maximum atomic E-state index is 11.4. The molecular formula is C27H29N3O4S. The van der Waals surface area contributed by atoms with E-state index in [-0.39, 0.29) is 0 Å². The van der Waals surface area contributed by atoms with Gasteiger partial charge in [0.1, 0.15) is 10.8 Å². The molecule has 4 aromatic rings. The lowest BCUT2D eigenvalue weighted by Gasteiger charge is -2.24. The number of hydrogen-bond donors (Lipinski definition) is 2. The Morgan fingerprint density at radius 1 is 1.14 bits per heavy atom. The highest BCUT2D eigenvalue weighted by molar-refractivity contribution is 7.09. The van der Waals surface area contributed by atoms with Crippen molar-refractivity contribution in [3.8, 4) is 17.1 Å². The molecule has 0 atom stereocenters. The van der Waals surface area contributed by atoms with Gasteiger partial charge in [0.05, 0.1) is 18.3 Å². The highest BCUT2D eigenvalue weighted by atomic mass is 32.1. The molecule has 0 amide bonds. The van der Waals surface area contributed by atoms with E-state index in [4.69, 9.17) is 14.1 Å². The van der Waals surface area contributed by atoms with Gasteiger partial charge >= 0.3 is 5.97 Å². The van der Waals surface area contributed by atoms with Crippen LogP contribution in [0.4, 0.5) is 0 Å². The van der Waals surface area contributed by atoms with Gasteiger partial charge in [0.25, 0.3) is 0 Å². The van der Waals surface area contributed by atoms with Crippen LogP contribution in [0, 0.1) is 13.8 Å². The van der Waals surface area contributed by atoms with Gasteiger partial charge in [-0.1, -0.05) is 42.5 Å². The van der Waals surface area contributed by atoms with Gasteiger partial charge < -0.3 is 19.6 Å². The molecule has 4 rings (SSSR count). The quantitative estimate of drug-likeness (QED) is 0.301. The van der Waals surface area contributed by atoms with Crippen LogP contribution in [-0.2, 0) is 24.3 Å². The summed E-state index contributed by atoms with van der Waals surface area (Å²) < 4.78 is 11.7. The first kappa shape index (κ1) is 24.6. The van der Waals surface area contributed by atoms with Crippen molar-refractivity contribution >= 4 is 17.3 Å². The number of nitrogens with one attached hydrogen (secondary N) is 1. The highest BCUT2D eigenvalue weighted by Gasteiger charge is 2.30. The maximum Gasteiger partial charge on any atom is 0.347 e. The molecule has 0 aliphatic rings. The van der Waals surface area contributed by atoms with E-state index in [0.717, 1.165) is 38.7 Å². The first-order valence-electron chi connectivity index (χ1n) is 11.4. The summed E-state index contributed by atoms with van der Waals surface area (Å²) in [5.41, 5.74) is 3.58. The average Bonchev–Trinajstić information content (AvgIpc) is 3.47. The summed E-state index contributed by atoms with van der Waals surface area (Å²) in [4.78, 5) is 20.5. The first-order valence-corrected chi connectivity index (χ1v) is 12.3. The number of carboxylic acid groups (broad SMARTS) is 1. The minimum absolute atomic E-state index is 0.551. The van der Waals surface area contributed by atoms with E-state index in [1.807, 2.05) is 61.7 Å². The van der Waals surface area contributed by atoms with Crippen LogP contribution in [0.1, 0.15) is 47.1 Å². The third-order valence-corrected chi connectivity index (χ3v) is 6.44. The second kappa shape index (κ2) is 10.4. The predicted molar refractivity (Wildman–Crippen MR) is 136 cm³/mol. The van der Waals surface area contributed by atoms with E-state index in [0.29, 0.717) is 31.2 Å². The van der Waals surface area contributed by atoms with E-state index in [9.17, 15) is 9.90 Å². The Bertz CT molecular complexity index is 1290. The molecule has 7 nitrogen and oxygen atoms in total. The van der Waals surface area contributed by atoms with Crippen LogP contribution in [0.25, 0.3) is 11.3 Å². The van der Waals surface area contributed by atoms with E-state index in [1.54, 1.807) is 31.4 Å². The molecular weight excluding hydrogens is 462 g/mol. The predicted octanol–water partition coefficient (Wildman–Crippen LogP) is 5.54. The van der Waals surface area contributed by atoms with Crippen molar-refractivity contribution in [2.75, 3.05) is 0 Å². The smallest absolute Gasteiger partial charge is 0.347 e. The lowest BCUT2D eigenvalue weighted by atomic mass is 10.0. The molecule has 0 fully saturated rings. The SMILES string of the molecule is Cc1cc(CNCc2nc(Cc3ncc(-c4ccccc4)o3)cs2)cc(C)c1OC(C)(C)C(=O)O. The summed E-state index contributed by atoms with van der Waals surface area (Å²) in [6.45, 7) is 8.28. The standard InChI is InChI=1S/C27H29N3O4S/c1-17-10-19(11-18(2)25(17)34-27(3,4)26(31)32)13-28-15-24-30-21(16-35-24)12-23-29-14-22(33-23)20-8-6-5-7-9-20/h5-11,14,16,28H,12-13,15H2,1-4H3,(H,31,32). The van der Waals surface area contributed by atoms with Gasteiger partial charge in [0.15, 0.2) is 11.4 Å². The molecule has 0 aliphatic carbocycles. The Balaban J connectivity index is 1.32. The largest absolute Gasteiger partial charge is 0.478 e. The van der Waals surface area contributed by atoms with Gasteiger partial charge in [-0.2, -0.15) is 0 Å². The summed E-state index contributed by atoms with van der Waals surface area (Å²) in [5.74, 6) is 1.02. The summed E-state index contributed by atoms with van der Waals surface area (Å²) in [6.07, 6.45) is 2.30. The molecule has 0 spiro atoms. The number of carbonyl (C=O) groups is 1. The van der Waals surface area contributed by atoms with E-state index < -0.39 is 11.6 Å². The molecule has 2 aromatic carbocycles. The van der Waals surface area contributed by atoms with Gasteiger partial charge in [-0.25, -0.2) is 14.8 Å². The van der Waals surface area contributed by atoms with Crippen molar-refractivity contribution < 1.29 is 19.1 Å². The Labute approximate surface area is 208 Å². The van der Waals surface area contributed by atoms with Gasteiger partial charge in [-0.05, 0) is 44.4 Å². The Kier molecular flexibility index (Phi) is 7.33. The minimum atomic E-state index is -1.29. The molecule has 182 valence electrons. The minimum Gasteiger partial charge on any atom is -0.478 e. The maximum absolute atomic E-state index is 11.4. The van der Waals surface area contributed by atoms with E-state index in [2.05, 4.69) is 10.3 Å². The van der Waals surface area contributed by atoms with Crippen LogP contribution in [-0.4, -0.2) is 26.6 Å². The number of aliphatic carboxylic acids is 1. The molecule has 0 radical (unpaired) electrons. The first-order chi connectivity index (χ1) is 16.7. The van der Waals surface area contributed by atoms with Crippen LogP contribution in [0.2, 0.25) is 0 Å². The van der Waals surface area contributed by atoms with Crippen LogP contribution in [0.3, 0.4) is 0 Å². The van der Waals surface area contributed by atoms with E-state index in [1.165, 1.54) is 0 Å². The van der Waals surface area contributed by atoms with Crippen LogP contribution >= 0.6 is 11.3 Å². The number of hydrogen-bond acceptors (Lipinski definition) is 7. The van der Waals surface area contributed by atoms with Gasteiger partial charge in [0, 0.05) is 24.0 Å². The molecule has 0 saturated carbocycles. The topological polar surface area (TPSA) is 97.5 Å². The van der Waals surface area contributed by atoms with E-state index >= 15 is 0 Å². The number of aryl methyl sites for hydroxylation is 2. The van der Waals surface area contributed by atoms with Crippen molar-refractivity contribution in [3.05, 3.63) is 87.3 Å². The lowest BCUT2D eigenvalue weighted by Crippen LogP contribution is -2.38. The third-order valence-electron chi connectivity index (χ3n) is 5.54. The monoisotopic (exact) mass is 491 g/mol. The Morgan fingerprint density at radius 3 is 2.54 bits per heavy atom. The van der Waals surface area contributed by atoms with Crippen LogP contribution in [0.15, 0.2) is 58.5 Å². The number of aromatic nitrogens is 2. The van der Waals surface area contributed by atoms with Crippen LogP contribution < -0.4 is 10.1 Å². The van der Waals surface area contributed by atoms with Crippen molar-refractivity contribution in [3.63, 3.8) is 0 Å². The second-order valence-corrected chi connectivity index (χ2v) is 9.92. The summed E-state index contributed by atoms with van der Waals surface area (Å²) in [7, 11) is 0. The molecule has 2 aromatic heterocycles. The molecule has 0 bridgehead atoms. The molecule has 35 heavy (non-hydrogen) atoms. The number of benzene rings is 2. The number of thiazole rings is 1. The zero-order valence-corrected chi connectivity index (χ0v) is 21.1. The fourth-order valence-electron chi connectivity index (χ4n) is 3.71. The Morgan fingerprint density at radius 2 is 1.86 bits per heavy atom. The number of oxazole rings is 1. The summed E-state index contributed by atoms with van der Waals surface area (Å²) >= 11 is 1.61. The molecule has 0 aliphatic heterocycles. The highest BCUT2D eigenvalue weighted by Crippen LogP contribution is 2.29. The van der Waals surface area contributed by atoms with Gasteiger partial charge in [0.2, 0.25) is 5.89 Å². The fourth-order valence-corrected chi connectivity index (χ4v) is 4.47. The average molecular weight is 492 g/mol. The number of carboxylic acids is 1. The van der Waals surface area contributed by atoms with Crippen molar-refractivity contribution in [2.45, 2.75) is 52.8 Å². The zero-order chi connectivity index (χ0) is 25.0. The molecule has 2 heterocycles. The van der Waals surface area contributed by atoms with Gasteiger partial charge in [-0.15, -0.1) is 11.3 Å². The Hall–Kier alpha value is -3.49. The van der Waals surface area contributed by atoms with Crippen molar-refractivity contribution in [2.24, 2.45) is 0 Å². The molecule has 0 unspecified atom stereocenters. The third kappa shape index (κ3) is 6.15. The molecule has 8 heteroatoms. The molecule has 2 N–H and O–H groups in total. The number of ether oxygens (including phenoxy) is 1. The van der Waals surface area contributed by atoms with Crippen molar-refractivity contribution in [1.29, 1.82) is 0 Å². The fraction of sp³-hybridized carbons (Fsp3) is 0.296. The molecule has 0 saturated heterocycles. The van der Waals surface area contributed by atoms with Gasteiger partial charge in [-0.3, -0.25) is 0 Å². The van der Waals surface area contributed by atoms with Crippen molar-refractivity contribution in [1.82, 2.24) is 15.3 Å². The summed E-state index contributed by atoms with van der Waals surface area (Å²) in [6, 6.07) is 14.0. The summed E-state index contributed by atoms with van der Waals surface area (Å²) in [5, 5.41) is 15.8. The second-order valence-electron chi connectivity index (χ2n) is 8.97.